The highest BCUT2D eigenvalue weighted by Crippen LogP contribution is 2.37. The largest absolute Gasteiger partial charge is 0.494 e. The van der Waals surface area contributed by atoms with Crippen LogP contribution in [0.2, 0.25) is 0 Å². The van der Waals surface area contributed by atoms with E-state index in [4.69, 9.17) is 9.47 Å². The molecule has 1 aromatic heterocycles. The van der Waals surface area contributed by atoms with Crippen molar-refractivity contribution in [2.75, 3.05) is 25.1 Å². The molecule has 0 bridgehead atoms. The van der Waals surface area contributed by atoms with E-state index in [9.17, 15) is 14.9 Å². The van der Waals surface area contributed by atoms with Gasteiger partial charge in [-0.15, -0.1) is 11.3 Å². The van der Waals surface area contributed by atoms with Crippen molar-refractivity contribution in [3.63, 3.8) is 0 Å². The van der Waals surface area contributed by atoms with Gasteiger partial charge in [0.05, 0.1) is 18.6 Å². The number of hydrogen-bond donors (Lipinski definition) is 1. The van der Waals surface area contributed by atoms with Gasteiger partial charge in [0.1, 0.15) is 16.8 Å². The zero-order chi connectivity index (χ0) is 20.6. The average molecular weight is 413 g/mol. The van der Waals surface area contributed by atoms with Gasteiger partial charge >= 0.3 is 5.97 Å². The highest BCUT2D eigenvalue weighted by atomic mass is 32.1. The van der Waals surface area contributed by atoms with E-state index in [1.807, 2.05) is 6.92 Å². The fourth-order valence-electron chi connectivity index (χ4n) is 3.29. The normalized spacial score (nSPS) is 12.6. The summed E-state index contributed by atoms with van der Waals surface area (Å²) in [5, 5.41) is 13.5. The molecular formula is C22H24N2O4S. The van der Waals surface area contributed by atoms with E-state index in [-0.39, 0.29) is 18.8 Å². The Morgan fingerprint density at radius 3 is 2.69 bits per heavy atom. The maximum absolute atomic E-state index is 12.1. The zero-order valence-corrected chi connectivity index (χ0v) is 17.3. The summed E-state index contributed by atoms with van der Waals surface area (Å²) in [4.78, 5) is 25.4. The third-order valence-corrected chi connectivity index (χ3v) is 6.00. The summed E-state index contributed by atoms with van der Waals surface area (Å²) in [5.41, 5.74) is 2.35. The van der Waals surface area contributed by atoms with E-state index < -0.39 is 5.97 Å². The first-order chi connectivity index (χ1) is 14.1. The molecule has 152 valence electrons. The molecule has 0 atom stereocenters. The lowest BCUT2D eigenvalue weighted by Gasteiger charge is -2.09. The molecule has 1 aromatic carbocycles. The summed E-state index contributed by atoms with van der Waals surface area (Å²) in [6.45, 7) is 2.53. The monoisotopic (exact) mass is 412 g/mol. The van der Waals surface area contributed by atoms with Crippen molar-refractivity contribution >= 4 is 28.1 Å². The van der Waals surface area contributed by atoms with Gasteiger partial charge in [0, 0.05) is 17.0 Å². The van der Waals surface area contributed by atoms with Crippen molar-refractivity contribution in [3.05, 3.63) is 45.8 Å². The van der Waals surface area contributed by atoms with Crippen molar-refractivity contribution in [1.29, 1.82) is 5.26 Å². The van der Waals surface area contributed by atoms with Gasteiger partial charge in [-0.2, -0.15) is 5.26 Å². The molecule has 0 spiro atoms. The third-order valence-electron chi connectivity index (χ3n) is 4.75. The van der Waals surface area contributed by atoms with E-state index in [2.05, 4.69) is 11.4 Å². The minimum absolute atomic E-state index is 0.129. The average Bonchev–Trinajstić information content (AvgIpc) is 3.10. The number of rotatable bonds is 9. The number of carbonyl (C=O) groups is 2. The second-order valence-corrected chi connectivity index (χ2v) is 7.85. The number of fused-ring (bicyclic) bond motifs is 1. The first kappa shape index (κ1) is 20.9. The zero-order valence-electron chi connectivity index (χ0n) is 16.5. The number of benzene rings is 1. The minimum atomic E-state index is -0.448. The molecule has 1 aliphatic carbocycles. The molecule has 1 N–H and O–H groups in total. The van der Waals surface area contributed by atoms with Crippen molar-refractivity contribution < 1.29 is 19.1 Å². The quantitative estimate of drug-likeness (QED) is 0.492. The molecule has 0 radical (unpaired) electrons. The van der Waals surface area contributed by atoms with Gasteiger partial charge in [-0.25, -0.2) is 0 Å². The predicted molar refractivity (Wildman–Crippen MR) is 112 cm³/mol. The summed E-state index contributed by atoms with van der Waals surface area (Å²) in [6, 6.07) is 9.04. The lowest BCUT2D eigenvalue weighted by atomic mass is 9.96. The van der Waals surface area contributed by atoms with Crippen molar-refractivity contribution in [2.24, 2.45) is 0 Å². The van der Waals surface area contributed by atoms with Gasteiger partial charge in [-0.1, -0.05) is 0 Å². The topological polar surface area (TPSA) is 88.4 Å². The third kappa shape index (κ3) is 5.36. The van der Waals surface area contributed by atoms with Crippen LogP contribution < -0.4 is 10.1 Å². The highest BCUT2D eigenvalue weighted by molar-refractivity contribution is 7.16. The second kappa shape index (κ2) is 10.1. The lowest BCUT2D eigenvalue weighted by Crippen LogP contribution is -2.16. The number of anilines is 1. The van der Waals surface area contributed by atoms with E-state index in [1.165, 1.54) is 4.88 Å². The molecule has 0 saturated carbocycles. The first-order valence-electron chi connectivity index (χ1n) is 9.82. The Balaban J connectivity index is 1.44. The molecule has 0 amide bonds. The summed E-state index contributed by atoms with van der Waals surface area (Å²) in [6.07, 6.45) is 4.38. The molecule has 0 fully saturated rings. The summed E-state index contributed by atoms with van der Waals surface area (Å²) in [5.74, 6) is -0.0113. The van der Waals surface area contributed by atoms with Crippen LogP contribution in [0.25, 0.3) is 0 Å². The Morgan fingerprint density at radius 2 is 1.97 bits per heavy atom. The van der Waals surface area contributed by atoms with Crippen LogP contribution in [0.1, 0.15) is 52.5 Å². The fraction of sp³-hybridized carbons (Fsp3) is 0.409. The molecule has 7 heteroatoms. The van der Waals surface area contributed by atoms with Crippen LogP contribution in [-0.2, 0) is 22.4 Å². The second-order valence-electron chi connectivity index (χ2n) is 6.74. The SMILES string of the molecule is CCOc1ccc(C(=O)COC(=O)CCNc2sc3c(c2C#N)CCCC3)cc1. The van der Waals surface area contributed by atoms with E-state index >= 15 is 0 Å². The Kier molecular flexibility index (Phi) is 7.25. The molecule has 0 aliphatic heterocycles. The van der Waals surface area contributed by atoms with E-state index in [0.717, 1.165) is 36.2 Å². The van der Waals surface area contributed by atoms with Crippen molar-refractivity contribution in [2.45, 2.75) is 39.0 Å². The maximum atomic E-state index is 12.1. The molecule has 0 unspecified atom stereocenters. The number of thiophene rings is 1. The van der Waals surface area contributed by atoms with Crippen LogP contribution in [0.4, 0.5) is 5.00 Å². The summed E-state index contributed by atoms with van der Waals surface area (Å²) in [7, 11) is 0. The number of carbonyl (C=O) groups excluding carboxylic acids is 2. The number of esters is 1. The Morgan fingerprint density at radius 1 is 1.21 bits per heavy atom. The molecule has 6 nitrogen and oxygen atoms in total. The first-order valence-corrected chi connectivity index (χ1v) is 10.6. The highest BCUT2D eigenvalue weighted by Gasteiger charge is 2.20. The molecule has 1 heterocycles. The van der Waals surface area contributed by atoms with Crippen LogP contribution in [0.3, 0.4) is 0 Å². The molecule has 2 aromatic rings. The number of ether oxygens (including phenoxy) is 2. The van der Waals surface area contributed by atoms with Gasteiger partial charge < -0.3 is 14.8 Å². The van der Waals surface area contributed by atoms with Crippen LogP contribution in [-0.4, -0.2) is 31.5 Å². The van der Waals surface area contributed by atoms with Crippen LogP contribution >= 0.6 is 11.3 Å². The van der Waals surface area contributed by atoms with Gasteiger partial charge in [0.15, 0.2) is 12.4 Å². The van der Waals surface area contributed by atoms with Crippen LogP contribution in [0, 0.1) is 11.3 Å². The fourth-order valence-corrected chi connectivity index (χ4v) is 4.56. The van der Waals surface area contributed by atoms with Crippen LogP contribution in [0.5, 0.6) is 5.75 Å². The molecule has 0 saturated heterocycles. The van der Waals surface area contributed by atoms with Gasteiger partial charge in [-0.3, -0.25) is 9.59 Å². The molecule has 3 rings (SSSR count). The number of nitriles is 1. The number of Topliss-reactive ketones (excluding diaryl/α,β-unsaturated/α-hetero) is 1. The van der Waals surface area contributed by atoms with Gasteiger partial charge in [0.2, 0.25) is 0 Å². The summed E-state index contributed by atoms with van der Waals surface area (Å²) < 4.78 is 10.4. The van der Waals surface area contributed by atoms with Crippen LogP contribution in [0.15, 0.2) is 24.3 Å². The van der Waals surface area contributed by atoms with E-state index in [1.54, 1.807) is 35.6 Å². The predicted octanol–water partition coefficient (Wildman–Crippen LogP) is 4.13. The summed E-state index contributed by atoms with van der Waals surface area (Å²) >= 11 is 1.61. The Bertz CT molecular complexity index is 912. The van der Waals surface area contributed by atoms with Crippen molar-refractivity contribution in [1.82, 2.24) is 0 Å². The Hall–Kier alpha value is -2.85. The number of hydrogen-bond acceptors (Lipinski definition) is 7. The molecule has 1 aliphatic rings. The number of aryl methyl sites for hydroxylation is 1. The Labute approximate surface area is 174 Å². The van der Waals surface area contributed by atoms with E-state index in [0.29, 0.717) is 30.0 Å². The lowest BCUT2D eigenvalue weighted by molar-refractivity contribution is -0.142. The standard InChI is InChI=1S/C22H24N2O4S/c1-2-27-16-9-7-15(8-10-16)19(25)14-28-21(26)11-12-24-22-18(13-23)17-5-3-4-6-20(17)29-22/h7-10,24H,2-6,11-12,14H2,1H3. The molecular weight excluding hydrogens is 388 g/mol. The smallest absolute Gasteiger partial charge is 0.308 e. The minimum Gasteiger partial charge on any atom is -0.494 e. The number of nitrogens with zero attached hydrogens (tertiary/aromatic N) is 1. The maximum Gasteiger partial charge on any atom is 0.308 e. The van der Waals surface area contributed by atoms with Gasteiger partial charge in [-0.05, 0) is 62.4 Å². The number of ketones is 1. The van der Waals surface area contributed by atoms with Crippen molar-refractivity contribution in [3.8, 4) is 11.8 Å². The number of nitrogens with one attached hydrogen (secondary N) is 1. The van der Waals surface area contributed by atoms with Gasteiger partial charge in [0.25, 0.3) is 0 Å². The molecule has 29 heavy (non-hydrogen) atoms.